The van der Waals surface area contributed by atoms with Gasteiger partial charge in [0, 0.05) is 16.9 Å². The minimum Gasteiger partial charge on any atom is -0.497 e. The van der Waals surface area contributed by atoms with Gasteiger partial charge in [-0.15, -0.1) is 0 Å². The zero-order valence-electron chi connectivity index (χ0n) is 23.1. The molecule has 1 N–H and O–H groups in total. The molecule has 0 aliphatic heterocycles. The fraction of sp³-hybridized carbons (Fsp3) is 0.0857. The average molecular weight is 540 g/mol. The number of methoxy groups -OCH3 is 2. The van der Waals surface area contributed by atoms with E-state index in [0.29, 0.717) is 22.4 Å². The Morgan fingerprint density at radius 1 is 0.707 bits per heavy atom. The summed E-state index contributed by atoms with van der Waals surface area (Å²) in [6, 6.07) is 37.2. The number of hydrogen-bond donors (Lipinski definition) is 1. The van der Waals surface area contributed by atoms with Crippen molar-refractivity contribution in [1.82, 2.24) is 9.55 Å². The third-order valence-electron chi connectivity index (χ3n) is 7.14. The molecule has 0 aliphatic rings. The molecule has 0 aliphatic carbocycles. The van der Waals surface area contributed by atoms with Gasteiger partial charge in [0.1, 0.15) is 17.3 Å². The molecule has 0 atom stereocenters. The summed E-state index contributed by atoms with van der Waals surface area (Å²) >= 11 is 0. The Hall–Kier alpha value is -5.36. The topological polar surface area (TPSA) is 65.4 Å². The number of pyridine rings is 2. The van der Waals surface area contributed by atoms with Crippen molar-refractivity contribution in [2.45, 2.75) is 6.92 Å². The monoisotopic (exact) mass is 539 g/mol. The van der Waals surface area contributed by atoms with Crippen molar-refractivity contribution < 1.29 is 9.47 Å². The maximum Gasteiger partial charge on any atom is 0.201 e. The number of anilines is 2. The smallest absolute Gasteiger partial charge is 0.201 e. The SMILES string of the molecule is COc1ccc(-c2cc(C)c3c(=O)c(-c4ccc(OC)cc4)c(Nc4ccccc4)n(-c4ccccc4)c3n2)cc1. The number of ether oxygens (including phenoxy) is 2. The van der Waals surface area contributed by atoms with E-state index in [1.807, 2.05) is 127 Å². The zero-order chi connectivity index (χ0) is 28.3. The highest BCUT2D eigenvalue weighted by atomic mass is 16.5. The van der Waals surface area contributed by atoms with Crippen molar-refractivity contribution in [2.75, 3.05) is 19.5 Å². The van der Waals surface area contributed by atoms with Crippen LogP contribution in [0.3, 0.4) is 0 Å². The van der Waals surface area contributed by atoms with Crippen molar-refractivity contribution in [1.29, 1.82) is 0 Å². The molecule has 202 valence electrons. The van der Waals surface area contributed by atoms with Crippen LogP contribution in [0, 0.1) is 6.92 Å². The molecule has 4 aromatic carbocycles. The summed E-state index contributed by atoms with van der Waals surface area (Å²) in [5.74, 6) is 2.12. The first-order valence-corrected chi connectivity index (χ1v) is 13.3. The Bertz CT molecular complexity index is 1880. The fourth-order valence-electron chi connectivity index (χ4n) is 5.09. The van der Waals surface area contributed by atoms with Gasteiger partial charge in [0.05, 0.1) is 30.9 Å². The molecule has 6 nitrogen and oxygen atoms in total. The fourth-order valence-corrected chi connectivity index (χ4v) is 5.09. The van der Waals surface area contributed by atoms with Gasteiger partial charge in [-0.05, 0) is 84.8 Å². The number of aryl methyl sites for hydroxylation is 1. The third-order valence-corrected chi connectivity index (χ3v) is 7.14. The molecule has 0 fully saturated rings. The maximum atomic E-state index is 14.5. The molecular weight excluding hydrogens is 510 g/mol. The van der Waals surface area contributed by atoms with Gasteiger partial charge in [-0.3, -0.25) is 9.36 Å². The average Bonchev–Trinajstić information content (AvgIpc) is 3.02. The van der Waals surface area contributed by atoms with Gasteiger partial charge in [-0.1, -0.05) is 48.5 Å². The summed E-state index contributed by atoms with van der Waals surface area (Å²) in [5.41, 5.74) is 6.08. The lowest BCUT2D eigenvalue weighted by Crippen LogP contribution is -2.18. The lowest BCUT2D eigenvalue weighted by Gasteiger charge is -2.23. The van der Waals surface area contributed by atoms with Crippen LogP contribution in [0.2, 0.25) is 0 Å². The van der Waals surface area contributed by atoms with Crippen LogP contribution in [0.25, 0.3) is 39.1 Å². The van der Waals surface area contributed by atoms with E-state index in [9.17, 15) is 4.79 Å². The van der Waals surface area contributed by atoms with E-state index in [-0.39, 0.29) is 5.43 Å². The van der Waals surface area contributed by atoms with Gasteiger partial charge in [0.15, 0.2) is 5.65 Å². The standard InChI is InChI=1S/C35H29N3O3/c1-23-22-30(24-14-18-28(40-2)19-15-24)37-34-31(23)33(39)32(25-16-20-29(41-3)21-17-25)35(36-26-10-6-4-7-11-26)38(34)27-12-8-5-9-13-27/h4-22,36H,1-3H3. The van der Waals surface area contributed by atoms with Crippen LogP contribution in [0.15, 0.2) is 120 Å². The first kappa shape index (κ1) is 25.9. The molecule has 6 rings (SSSR count). The first-order chi connectivity index (χ1) is 20.1. The number of hydrogen-bond acceptors (Lipinski definition) is 5. The van der Waals surface area contributed by atoms with Crippen LogP contribution in [-0.4, -0.2) is 23.8 Å². The number of para-hydroxylation sites is 2. The highest BCUT2D eigenvalue weighted by Gasteiger charge is 2.23. The van der Waals surface area contributed by atoms with E-state index in [1.165, 1.54) is 0 Å². The first-order valence-electron chi connectivity index (χ1n) is 13.3. The number of nitrogens with zero attached hydrogens (tertiary/aromatic N) is 2. The predicted molar refractivity (Wildman–Crippen MR) is 166 cm³/mol. The van der Waals surface area contributed by atoms with E-state index in [4.69, 9.17) is 14.5 Å². The minimum atomic E-state index is -0.0953. The molecule has 0 saturated heterocycles. The van der Waals surface area contributed by atoms with Gasteiger partial charge in [0.25, 0.3) is 0 Å². The number of rotatable bonds is 7. The summed E-state index contributed by atoms with van der Waals surface area (Å²) in [7, 11) is 3.28. The van der Waals surface area contributed by atoms with E-state index in [2.05, 4.69) is 5.32 Å². The zero-order valence-corrected chi connectivity index (χ0v) is 23.1. The number of fused-ring (bicyclic) bond motifs is 1. The van der Waals surface area contributed by atoms with Crippen molar-refractivity contribution in [3.05, 3.63) is 131 Å². The van der Waals surface area contributed by atoms with Crippen LogP contribution < -0.4 is 20.2 Å². The van der Waals surface area contributed by atoms with Crippen molar-refractivity contribution in [3.8, 4) is 39.6 Å². The molecule has 2 heterocycles. The molecular formula is C35H29N3O3. The molecule has 0 saturated carbocycles. The Morgan fingerprint density at radius 3 is 1.85 bits per heavy atom. The van der Waals surface area contributed by atoms with Crippen LogP contribution in [0.4, 0.5) is 11.5 Å². The molecule has 0 radical (unpaired) electrons. The number of aromatic nitrogens is 2. The molecule has 0 spiro atoms. The molecule has 2 aromatic heterocycles. The van der Waals surface area contributed by atoms with Crippen molar-refractivity contribution >= 4 is 22.5 Å². The summed E-state index contributed by atoms with van der Waals surface area (Å²) in [4.78, 5) is 19.6. The Morgan fingerprint density at radius 2 is 1.27 bits per heavy atom. The second kappa shape index (κ2) is 11.0. The molecule has 0 unspecified atom stereocenters. The lowest BCUT2D eigenvalue weighted by atomic mass is 10.00. The van der Waals surface area contributed by atoms with Crippen LogP contribution >= 0.6 is 0 Å². The molecule has 41 heavy (non-hydrogen) atoms. The molecule has 0 amide bonds. The van der Waals surface area contributed by atoms with Crippen LogP contribution in [0.1, 0.15) is 5.56 Å². The predicted octanol–water partition coefficient (Wildman–Crippen LogP) is 7.79. The lowest BCUT2D eigenvalue weighted by molar-refractivity contribution is 0.415. The Balaban J connectivity index is 1.73. The summed E-state index contributed by atoms with van der Waals surface area (Å²) in [5, 5.41) is 4.13. The van der Waals surface area contributed by atoms with Gasteiger partial charge in [0.2, 0.25) is 5.43 Å². The molecule has 6 heteroatoms. The van der Waals surface area contributed by atoms with E-state index in [1.54, 1.807) is 14.2 Å². The highest BCUT2D eigenvalue weighted by Crippen LogP contribution is 2.36. The molecule has 6 aromatic rings. The normalized spacial score (nSPS) is 10.9. The summed E-state index contributed by atoms with van der Waals surface area (Å²) in [6.07, 6.45) is 0. The number of nitrogens with one attached hydrogen (secondary N) is 1. The van der Waals surface area contributed by atoms with Crippen molar-refractivity contribution in [3.63, 3.8) is 0 Å². The third kappa shape index (κ3) is 4.92. The van der Waals surface area contributed by atoms with Gasteiger partial charge in [-0.2, -0.15) is 0 Å². The molecule has 0 bridgehead atoms. The van der Waals surface area contributed by atoms with E-state index >= 15 is 0 Å². The van der Waals surface area contributed by atoms with Crippen molar-refractivity contribution in [2.24, 2.45) is 0 Å². The van der Waals surface area contributed by atoms with E-state index in [0.717, 1.165) is 45.3 Å². The second-order valence-electron chi connectivity index (χ2n) is 9.69. The highest BCUT2D eigenvalue weighted by molar-refractivity contribution is 5.94. The van der Waals surface area contributed by atoms with Crippen LogP contribution in [0.5, 0.6) is 11.5 Å². The van der Waals surface area contributed by atoms with Gasteiger partial charge < -0.3 is 14.8 Å². The van der Waals surface area contributed by atoms with Gasteiger partial charge >= 0.3 is 0 Å². The summed E-state index contributed by atoms with van der Waals surface area (Å²) in [6.45, 7) is 1.97. The van der Waals surface area contributed by atoms with Crippen LogP contribution in [-0.2, 0) is 0 Å². The second-order valence-corrected chi connectivity index (χ2v) is 9.69. The quantitative estimate of drug-likeness (QED) is 0.224. The Kier molecular flexibility index (Phi) is 6.96. The van der Waals surface area contributed by atoms with E-state index < -0.39 is 0 Å². The number of benzene rings is 4. The Labute approximate surface area is 238 Å². The van der Waals surface area contributed by atoms with Gasteiger partial charge in [-0.25, -0.2) is 4.98 Å². The maximum absolute atomic E-state index is 14.5. The summed E-state index contributed by atoms with van der Waals surface area (Å²) < 4.78 is 12.8. The largest absolute Gasteiger partial charge is 0.497 e. The minimum absolute atomic E-state index is 0.0953.